The number of hydrogen-bond acceptors (Lipinski definition) is 2. The van der Waals surface area contributed by atoms with Crippen LogP contribution in [0.25, 0.3) is 0 Å². The van der Waals surface area contributed by atoms with Crippen LogP contribution in [0.5, 0.6) is 0 Å². The van der Waals surface area contributed by atoms with E-state index in [0.717, 1.165) is 37.6 Å². The van der Waals surface area contributed by atoms with Gasteiger partial charge in [0.1, 0.15) is 0 Å². The molecule has 1 aliphatic rings. The van der Waals surface area contributed by atoms with Gasteiger partial charge in [-0.05, 0) is 31.7 Å². The van der Waals surface area contributed by atoms with E-state index in [9.17, 15) is 4.79 Å². The topological polar surface area (TPSA) is 33.2 Å². The molecule has 2 heterocycles. The molecule has 0 N–H and O–H groups in total. The highest BCUT2D eigenvalue weighted by Gasteiger charge is 2.29. The first-order valence-electron chi connectivity index (χ1n) is 6.20. The van der Waals surface area contributed by atoms with Crippen LogP contribution in [-0.4, -0.2) is 33.7 Å². The van der Waals surface area contributed by atoms with Gasteiger partial charge in [-0.2, -0.15) is 0 Å². The number of pyridine rings is 1. The van der Waals surface area contributed by atoms with Gasteiger partial charge in [-0.1, -0.05) is 27.5 Å². The van der Waals surface area contributed by atoms with Gasteiger partial charge in [-0.3, -0.25) is 9.78 Å². The molecule has 1 aromatic heterocycles. The monoisotopic (exact) mass is 330 g/mol. The fraction of sp³-hybridized carbons (Fsp3) is 0.538. The van der Waals surface area contributed by atoms with Gasteiger partial charge in [0, 0.05) is 30.3 Å². The number of halogens is 2. The Kier molecular flexibility index (Phi) is 5.01. The quantitative estimate of drug-likeness (QED) is 0.791. The van der Waals surface area contributed by atoms with E-state index in [2.05, 4.69) is 20.9 Å². The van der Waals surface area contributed by atoms with Crippen molar-refractivity contribution in [2.24, 2.45) is 0 Å². The molecule has 0 radical (unpaired) electrons. The molecule has 1 atom stereocenters. The highest BCUT2D eigenvalue weighted by molar-refractivity contribution is 9.09. The van der Waals surface area contributed by atoms with E-state index in [1.165, 1.54) is 6.20 Å². The van der Waals surface area contributed by atoms with Gasteiger partial charge in [0.25, 0.3) is 5.91 Å². The second-order valence-corrected chi connectivity index (χ2v) is 5.68. The third-order valence-corrected chi connectivity index (χ3v) is 4.17. The van der Waals surface area contributed by atoms with Crippen molar-refractivity contribution in [1.29, 1.82) is 0 Å². The number of rotatable bonds is 4. The molecule has 1 aliphatic heterocycles. The van der Waals surface area contributed by atoms with Crippen LogP contribution in [0.15, 0.2) is 18.5 Å². The van der Waals surface area contributed by atoms with E-state index in [1.807, 2.05) is 4.90 Å². The minimum absolute atomic E-state index is 0.0412. The summed E-state index contributed by atoms with van der Waals surface area (Å²) in [5, 5.41) is 1.43. The third-order valence-electron chi connectivity index (χ3n) is 3.31. The van der Waals surface area contributed by atoms with E-state index in [4.69, 9.17) is 11.6 Å². The van der Waals surface area contributed by atoms with Gasteiger partial charge >= 0.3 is 0 Å². The number of hydrogen-bond donors (Lipinski definition) is 0. The third kappa shape index (κ3) is 3.04. The molecular formula is C13H16BrClN2O. The molecule has 2 rings (SSSR count). The molecule has 5 heteroatoms. The largest absolute Gasteiger partial charge is 0.336 e. The Labute approximate surface area is 121 Å². The molecule has 1 saturated heterocycles. The van der Waals surface area contributed by atoms with Crippen LogP contribution in [-0.2, 0) is 0 Å². The van der Waals surface area contributed by atoms with Gasteiger partial charge in [0.05, 0.1) is 10.6 Å². The Morgan fingerprint density at radius 3 is 3.17 bits per heavy atom. The van der Waals surface area contributed by atoms with E-state index in [1.54, 1.807) is 12.3 Å². The Balaban J connectivity index is 2.10. The summed E-state index contributed by atoms with van der Waals surface area (Å²) in [5.41, 5.74) is 0.567. The van der Waals surface area contributed by atoms with Crippen molar-refractivity contribution < 1.29 is 4.79 Å². The molecule has 1 aromatic rings. The maximum Gasteiger partial charge on any atom is 0.255 e. The number of nitrogens with zero attached hydrogens (tertiary/aromatic N) is 2. The van der Waals surface area contributed by atoms with Crippen LogP contribution >= 0.6 is 27.5 Å². The minimum atomic E-state index is 0.0412. The number of carbonyl (C=O) groups is 1. The van der Waals surface area contributed by atoms with Gasteiger partial charge < -0.3 is 4.90 Å². The number of likely N-dealkylation sites (tertiary alicyclic amines) is 1. The van der Waals surface area contributed by atoms with Crippen molar-refractivity contribution in [3.05, 3.63) is 29.0 Å². The summed E-state index contributed by atoms with van der Waals surface area (Å²) in [5.74, 6) is 0.0412. The molecular weight excluding hydrogens is 316 g/mol. The van der Waals surface area contributed by atoms with Crippen molar-refractivity contribution in [2.45, 2.75) is 31.7 Å². The van der Waals surface area contributed by atoms with E-state index < -0.39 is 0 Å². The second kappa shape index (κ2) is 6.53. The first-order valence-corrected chi connectivity index (χ1v) is 7.70. The first-order chi connectivity index (χ1) is 8.74. The zero-order chi connectivity index (χ0) is 13.0. The first kappa shape index (κ1) is 13.8. The molecule has 98 valence electrons. The standard InChI is InChI=1S/C13H16BrClN2O/c14-6-1-3-10-4-2-8-17(10)13(18)11-5-7-16-9-12(11)15/h5,7,9-10H,1-4,6,8H2. The molecule has 1 unspecified atom stereocenters. The van der Waals surface area contributed by atoms with Crippen LogP contribution < -0.4 is 0 Å². The Morgan fingerprint density at radius 2 is 2.44 bits per heavy atom. The molecule has 18 heavy (non-hydrogen) atoms. The molecule has 0 saturated carbocycles. The number of carbonyl (C=O) groups excluding carboxylic acids is 1. The lowest BCUT2D eigenvalue weighted by Gasteiger charge is -2.25. The smallest absolute Gasteiger partial charge is 0.255 e. The molecule has 3 nitrogen and oxygen atoms in total. The predicted molar refractivity (Wildman–Crippen MR) is 76.3 cm³/mol. The highest BCUT2D eigenvalue weighted by atomic mass is 79.9. The molecule has 1 fully saturated rings. The lowest BCUT2D eigenvalue weighted by Crippen LogP contribution is -2.35. The lowest BCUT2D eigenvalue weighted by molar-refractivity contribution is 0.0730. The summed E-state index contributed by atoms with van der Waals surface area (Å²) in [7, 11) is 0. The fourth-order valence-electron chi connectivity index (χ4n) is 2.42. The summed E-state index contributed by atoms with van der Waals surface area (Å²) in [6.07, 6.45) is 7.47. The molecule has 0 aromatic carbocycles. The molecule has 0 bridgehead atoms. The zero-order valence-corrected chi connectivity index (χ0v) is 12.5. The molecule has 0 aliphatic carbocycles. The normalized spacial score (nSPS) is 19.2. The van der Waals surface area contributed by atoms with Crippen molar-refractivity contribution >= 4 is 33.4 Å². The average Bonchev–Trinajstić information content (AvgIpc) is 2.84. The summed E-state index contributed by atoms with van der Waals surface area (Å²) in [4.78, 5) is 18.3. The maximum absolute atomic E-state index is 12.4. The second-order valence-electron chi connectivity index (χ2n) is 4.48. The lowest BCUT2D eigenvalue weighted by atomic mass is 10.1. The average molecular weight is 332 g/mol. The van der Waals surface area contributed by atoms with Crippen LogP contribution in [0, 0.1) is 0 Å². The fourth-order valence-corrected chi connectivity index (χ4v) is 2.94. The van der Waals surface area contributed by atoms with Gasteiger partial charge in [-0.25, -0.2) is 0 Å². The highest BCUT2D eigenvalue weighted by Crippen LogP contribution is 2.25. The van der Waals surface area contributed by atoms with Crippen molar-refractivity contribution in [3.8, 4) is 0 Å². The van der Waals surface area contributed by atoms with Crippen LogP contribution in [0.4, 0.5) is 0 Å². The summed E-state index contributed by atoms with van der Waals surface area (Å²) in [6, 6.07) is 2.06. The van der Waals surface area contributed by atoms with Gasteiger partial charge in [0.2, 0.25) is 0 Å². The van der Waals surface area contributed by atoms with E-state index in [-0.39, 0.29) is 5.91 Å². The van der Waals surface area contributed by atoms with Gasteiger partial charge in [0.15, 0.2) is 0 Å². The van der Waals surface area contributed by atoms with E-state index in [0.29, 0.717) is 16.6 Å². The SMILES string of the molecule is O=C(c1ccncc1Cl)N1CCCC1CCCBr. The van der Waals surface area contributed by atoms with Crippen LogP contribution in [0.2, 0.25) is 5.02 Å². The molecule has 0 spiro atoms. The Hall–Kier alpha value is -0.610. The summed E-state index contributed by atoms with van der Waals surface area (Å²) >= 11 is 9.47. The predicted octanol–water partition coefficient (Wildman–Crippen LogP) is 3.51. The van der Waals surface area contributed by atoms with Gasteiger partial charge in [-0.15, -0.1) is 0 Å². The number of alkyl halides is 1. The summed E-state index contributed by atoms with van der Waals surface area (Å²) < 4.78 is 0. The Bertz CT molecular complexity index is 427. The maximum atomic E-state index is 12.4. The van der Waals surface area contributed by atoms with Crippen molar-refractivity contribution in [3.63, 3.8) is 0 Å². The van der Waals surface area contributed by atoms with E-state index >= 15 is 0 Å². The van der Waals surface area contributed by atoms with Crippen LogP contribution in [0.1, 0.15) is 36.0 Å². The van der Waals surface area contributed by atoms with Crippen LogP contribution in [0.3, 0.4) is 0 Å². The number of aromatic nitrogens is 1. The minimum Gasteiger partial charge on any atom is -0.336 e. The summed E-state index contributed by atoms with van der Waals surface area (Å²) in [6.45, 7) is 0.838. The van der Waals surface area contributed by atoms with Crippen molar-refractivity contribution in [2.75, 3.05) is 11.9 Å². The number of amides is 1. The van der Waals surface area contributed by atoms with Crippen molar-refractivity contribution in [1.82, 2.24) is 9.88 Å². The zero-order valence-electron chi connectivity index (χ0n) is 10.1. The molecule has 1 amide bonds. The Morgan fingerprint density at radius 1 is 1.61 bits per heavy atom.